The molecule has 0 amide bonds. The van der Waals surface area contributed by atoms with Crippen LogP contribution in [0.25, 0.3) is 11.1 Å². The number of benzene rings is 2. The van der Waals surface area contributed by atoms with E-state index in [9.17, 15) is 21.6 Å². The van der Waals surface area contributed by atoms with Crippen molar-refractivity contribution >= 4 is 21.3 Å². The van der Waals surface area contributed by atoms with Gasteiger partial charge in [-0.15, -0.1) is 0 Å². The van der Waals surface area contributed by atoms with Crippen LogP contribution in [-0.2, 0) is 23.0 Å². The fraction of sp³-hybridized carbons (Fsp3) is 0.417. The predicted molar refractivity (Wildman–Crippen MR) is 117 cm³/mol. The summed E-state index contributed by atoms with van der Waals surface area (Å²) in [6, 6.07) is 10.6. The van der Waals surface area contributed by atoms with Crippen LogP contribution in [-0.4, -0.2) is 21.0 Å². The standard InChI is InChI=1S/C24H25F3O4S/c1-4-14-10-16-12-18(30-3)6-8-20(16)22-15(5-2)11-17-13-19(7-9-21(17)23(14)22)31-32(28,29)24(25,26)27/h6-9,12-15H,4-5,10-11H2,1-3H3/t14-,15+/m1/s1. The summed E-state index contributed by atoms with van der Waals surface area (Å²) in [4.78, 5) is 0. The van der Waals surface area contributed by atoms with Crippen molar-refractivity contribution < 1.29 is 30.5 Å². The van der Waals surface area contributed by atoms with Crippen molar-refractivity contribution in [2.75, 3.05) is 7.11 Å². The molecule has 0 bridgehead atoms. The summed E-state index contributed by atoms with van der Waals surface area (Å²) in [5, 5.41) is 0. The lowest BCUT2D eigenvalue weighted by molar-refractivity contribution is -0.0500. The maximum atomic E-state index is 12.8. The highest BCUT2D eigenvalue weighted by Crippen LogP contribution is 2.51. The van der Waals surface area contributed by atoms with Crippen molar-refractivity contribution in [3.63, 3.8) is 0 Å². The molecule has 4 nitrogen and oxygen atoms in total. The normalized spacial score (nSPS) is 20.3. The third-order valence-electron chi connectivity index (χ3n) is 6.48. The van der Waals surface area contributed by atoms with Crippen LogP contribution in [0.3, 0.4) is 0 Å². The van der Waals surface area contributed by atoms with Crippen molar-refractivity contribution in [2.24, 2.45) is 11.8 Å². The fourth-order valence-electron chi connectivity index (χ4n) is 4.96. The Bertz CT molecular complexity index is 1180. The van der Waals surface area contributed by atoms with Gasteiger partial charge in [0.2, 0.25) is 0 Å². The van der Waals surface area contributed by atoms with Crippen LogP contribution in [0.2, 0.25) is 0 Å². The van der Waals surface area contributed by atoms with Crippen molar-refractivity contribution in [3.05, 3.63) is 58.7 Å². The molecule has 2 aromatic carbocycles. The average Bonchev–Trinajstić information content (AvgIpc) is 2.75. The molecule has 0 aromatic heterocycles. The Labute approximate surface area is 186 Å². The van der Waals surface area contributed by atoms with Gasteiger partial charge in [0.25, 0.3) is 0 Å². The predicted octanol–water partition coefficient (Wildman–Crippen LogP) is 6.00. The van der Waals surface area contributed by atoms with E-state index in [0.717, 1.165) is 36.1 Å². The number of ether oxygens (including phenoxy) is 1. The Morgan fingerprint density at radius 2 is 1.34 bits per heavy atom. The van der Waals surface area contributed by atoms with Gasteiger partial charge in [0.05, 0.1) is 7.11 Å². The zero-order valence-electron chi connectivity index (χ0n) is 18.1. The van der Waals surface area contributed by atoms with E-state index in [1.807, 2.05) is 6.07 Å². The fourth-order valence-corrected chi connectivity index (χ4v) is 5.41. The number of fused-ring (bicyclic) bond motifs is 4. The summed E-state index contributed by atoms with van der Waals surface area (Å²) < 4.78 is 71.0. The number of halogens is 3. The molecule has 172 valence electrons. The first kappa shape index (κ1) is 22.7. The molecule has 2 aromatic rings. The lowest BCUT2D eigenvalue weighted by Gasteiger charge is -2.39. The maximum absolute atomic E-state index is 12.8. The van der Waals surface area contributed by atoms with Crippen LogP contribution >= 0.6 is 0 Å². The molecule has 2 aliphatic rings. The minimum Gasteiger partial charge on any atom is -0.497 e. The smallest absolute Gasteiger partial charge is 0.497 e. The second-order valence-electron chi connectivity index (χ2n) is 8.27. The topological polar surface area (TPSA) is 52.6 Å². The molecule has 0 spiro atoms. The van der Waals surface area contributed by atoms with Crippen LogP contribution < -0.4 is 8.92 Å². The van der Waals surface area contributed by atoms with Gasteiger partial charge in [-0.2, -0.15) is 21.6 Å². The van der Waals surface area contributed by atoms with Gasteiger partial charge in [0.1, 0.15) is 11.5 Å². The van der Waals surface area contributed by atoms with Crippen LogP contribution in [0.15, 0.2) is 36.4 Å². The van der Waals surface area contributed by atoms with E-state index in [4.69, 9.17) is 4.74 Å². The minimum atomic E-state index is -5.71. The van der Waals surface area contributed by atoms with Crippen LogP contribution in [0.5, 0.6) is 11.5 Å². The molecule has 2 aliphatic carbocycles. The largest absolute Gasteiger partial charge is 0.534 e. The first-order chi connectivity index (χ1) is 15.1. The molecule has 0 N–H and O–H groups in total. The molecule has 0 radical (unpaired) electrons. The highest BCUT2D eigenvalue weighted by atomic mass is 32.2. The van der Waals surface area contributed by atoms with Gasteiger partial charge >= 0.3 is 15.6 Å². The Morgan fingerprint density at radius 3 is 1.78 bits per heavy atom. The van der Waals surface area contributed by atoms with E-state index in [1.54, 1.807) is 13.2 Å². The maximum Gasteiger partial charge on any atom is 0.534 e. The van der Waals surface area contributed by atoms with E-state index in [1.165, 1.54) is 34.4 Å². The van der Waals surface area contributed by atoms with Crippen molar-refractivity contribution in [1.82, 2.24) is 0 Å². The third-order valence-corrected chi connectivity index (χ3v) is 7.46. The van der Waals surface area contributed by atoms with Gasteiger partial charge in [0.15, 0.2) is 0 Å². The molecule has 0 unspecified atom stereocenters. The van der Waals surface area contributed by atoms with Crippen molar-refractivity contribution in [1.29, 1.82) is 0 Å². The van der Waals surface area contributed by atoms with Crippen LogP contribution in [0, 0.1) is 11.8 Å². The number of hydrogen-bond donors (Lipinski definition) is 0. The first-order valence-electron chi connectivity index (χ1n) is 10.6. The van der Waals surface area contributed by atoms with E-state index in [-0.39, 0.29) is 17.6 Å². The molecule has 2 atom stereocenters. The molecule has 4 rings (SSSR count). The first-order valence-corrected chi connectivity index (χ1v) is 12.1. The molecule has 0 saturated carbocycles. The van der Waals surface area contributed by atoms with Gasteiger partial charge in [-0.3, -0.25) is 0 Å². The highest BCUT2D eigenvalue weighted by molar-refractivity contribution is 7.88. The van der Waals surface area contributed by atoms with E-state index < -0.39 is 15.6 Å². The lowest BCUT2D eigenvalue weighted by atomic mass is 9.66. The van der Waals surface area contributed by atoms with Crippen LogP contribution in [0.4, 0.5) is 13.2 Å². The molecular weight excluding hydrogens is 441 g/mol. The Hall–Kier alpha value is -2.48. The lowest BCUT2D eigenvalue weighted by Crippen LogP contribution is -2.28. The van der Waals surface area contributed by atoms with E-state index in [2.05, 4.69) is 30.2 Å². The summed E-state index contributed by atoms with van der Waals surface area (Å²) in [7, 11) is -4.06. The summed E-state index contributed by atoms with van der Waals surface area (Å²) in [5.41, 5.74) is 1.26. The number of methoxy groups -OCH3 is 1. The van der Waals surface area contributed by atoms with Crippen LogP contribution in [0.1, 0.15) is 48.9 Å². The van der Waals surface area contributed by atoms with Gasteiger partial charge in [0, 0.05) is 0 Å². The number of allylic oxidation sites excluding steroid dienone is 2. The SMILES string of the molecule is CC[C@@H]1Cc2cc(OC)ccc2C2=C1c1ccc(OS(=O)(=O)C(F)(F)F)cc1C[C@@H]2CC. The molecule has 0 aliphatic heterocycles. The second kappa shape index (κ2) is 8.14. The Kier molecular flexibility index (Phi) is 5.77. The molecule has 0 heterocycles. The number of hydrogen-bond acceptors (Lipinski definition) is 4. The van der Waals surface area contributed by atoms with Gasteiger partial charge in [-0.25, -0.2) is 0 Å². The average molecular weight is 467 g/mol. The van der Waals surface area contributed by atoms with Crippen molar-refractivity contribution in [2.45, 2.75) is 45.0 Å². The number of alkyl halides is 3. The quantitative estimate of drug-likeness (QED) is 0.401. The summed E-state index contributed by atoms with van der Waals surface area (Å²) in [6.07, 6.45) is 3.21. The highest BCUT2D eigenvalue weighted by Gasteiger charge is 2.48. The molecule has 8 heteroatoms. The monoisotopic (exact) mass is 466 g/mol. The van der Waals surface area contributed by atoms with Gasteiger partial charge in [-0.05, 0) is 95.2 Å². The molecule has 0 fully saturated rings. The summed E-state index contributed by atoms with van der Waals surface area (Å²) >= 11 is 0. The molecule has 0 saturated heterocycles. The summed E-state index contributed by atoms with van der Waals surface area (Å²) in [5.74, 6) is 0.936. The Balaban J connectivity index is 1.84. The summed E-state index contributed by atoms with van der Waals surface area (Å²) in [6.45, 7) is 4.22. The molecule has 32 heavy (non-hydrogen) atoms. The zero-order chi connectivity index (χ0) is 23.3. The minimum absolute atomic E-state index is 0.175. The Morgan fingerprint density at radius 1 is 0.875 bits per heavy atom. The van der Waals surface area contributed by atoms with E-state index in [0.29, 0.717) is 6.42 Å². The second-order valence-corrected chi connectivity index (χ2v) is 9.81. The number of rotatable bonds is 5. The third kappa shape index (κ3) is 3.78. The van der Waals surface area contributed by atoms with Crippen molar-refractivity contribution in [3.8, 4) is 11.5 Å². The molecular formula is C24H25F3O4S. The van der Waals surface area contributed by atoms with Gasteiger partial charge < -0.3 is 8.92 Å². The van der Waals surface area contributed by atoms with E-state index >= 15 is 0 Å². The van der Waals surface area contributed by atoms with Gasteiger partial charge in [-0.1, -0.05) is 26.0 Å². The zero-order valence-corrected chi connectivity index (χ0v) is 18.9.